The molecule has 0 spiro atoms. The second kappa shape index (κ2) is 45.0. The third kappa shape index (κ3) is 38.4. The van der Waals surface area contributed by atoms with Gasteiger partial charge in [0, 0.05) is 0 Å². The first-order valence-electron chi connectivity index (χ1n) is 17.6. The maximum Gasteiger partial charge on any atom is -0.147 e. The fraction of sp³-hybridized carbons (Fsp3) is 0.571. The second-order valence-electron chi connectivity index (χ2n) is 11.0. The van der Waals surface area contributed by atoms with Crippen LogP contribution in [0.1, 0.15) is 157 Å². The number of halogens is 2. The topological polar surface area (TPSA) is 0 Å². The van der Waals surface area contributed by atoms with Crippen molar-refractivity contribution in [2.45, 2.75) is 157 Å². The molecule has 0 aromatic rings. The van der Waals surface area contributed by atoms with E-state index in [0.29, 0.717) is 0 Å². The van der Waals surface area contributed by atoms with Gasteiger partial charge in [0.25, 0.3) is 0 Å². The van der Waals surface area contributed by atoms with Gasteiger partial charge in [-0.15, -0.1) is 50.5 Å². The summed E-state index contributed by atoms with van der Waals surface area (Å²) in [6.45, 7) is 13.2. The van der Waals surface area contributed by atoms with Gasteiger partial charge in [0.2, 0.25) is 0 Å². The van der Waals surface area contributed by atoms with Crippen LogP contribution in [0.15, 0.2) is 70.9 Å². The maximum atomic E-state index is 3.16. The van der Waals surface area contributed by atoms with E-state index in [1.54, 1.807) is 0 Å². The molecule has 0 heterocycles. The Kier molecular flexibility index (Phi) is 51.6. The van der Waals surface area contributed by atoms with Crippen LogP contribution >= 0.6 is 24.8 Å². The van der Waals surface area contributed by atoms with E-state index in [1.165, 1.54) is 160 Å². The molecule has 0 unspecified atom stereocenters. The monoisotopic (exact) mass is 1000 g/mol. The van der Waals surface area contributed by atoms with Gasteiger partial charge < -0.3 is 0 Å². The van der Waals surface area contributed by atoms with Gasteiger partial charge in [0.1, 0.15) is 0 Å². The zero-order chi connectivity index (χ0) is 32.9. The Morgan fingerprint density at radius 1 is 0.457 bits per heavy atom. The summed E-state index contributed by atoms with van der Waals surface area (Å²) in [5.74, 6) is 0. The summed E-state index contributed by atoms with van der Waals surface area (Å²) < 4.78 is 4.53. The molecule has 0 bridgehead atoms. The van der Waals surface area contributed by atoms with E-state index >= 15 is 0 Å². The SMILES string of the molecule is CCCCC1=CC[C-]=C1.CCCCC1=CC[C-]=C1.CCCCC1=CC[C-]=C1.CCCCC1=CC[C-]=C1.CC[CH]=[Hf+2].CC[CH]=[Hf+2].Cl.Cl. The molecule has 0 nitrogen and oxygen atoms in total. The molecular formula is C42H66Cl2Hf2. The van der Waals surface area contributed by atoms with Crippen LogP contribution < -0.4 is 0 Å². The second-order valence-corrected chi connectivity index (χ2v) is 13.9. The molecule has 0 N–H and O–H groups in total. The Morgan fingerprint density at radius 3 is 0.761 bits per heavy atom. The van der Waals surface area contributed by atoms with Crippen LogP contribution in [0.5, 0.6) is 0 Å². The van der Waals surface area contributed by atoms with Crippen LogP contribution in [0.3, 0.4) is 0 Å². The number of allylic oxidation sites excluding steroid dienone is 16. The standard InChI is InChI=1S/4C9H13.2C3H6.2ClH.2Hf/c4*1-2-3-6-9-7-4-5-8-9;2*1-3-2;;;;/h4*7-8H,2-4,6H2,1H3;2*1H,3H2,2H3;2*1H;;/q4*-1;;;;;2*+2. The Balaban J connectivity index is -0.000000234. The van der Waals surface area contributed by atoms with E-state index < -0.39 is 0 Å². The number of hydrogen-bond acceptors (Lipinski definition) is 0. The molecule has 0 aromatic heterocycles. The molecule has 0 radical (unpaired) electrons. The summed E-state index contributed by atoms with van der Waals surface area (Å²) in [5.41, 5.74) is 5.93. The first-order valence-corrected chi connectivity index (χ1v) is 21.7. The van der Waals surface area contributed by atoms with Crippen molar-refractivity contribution in [3.8, 4) is 0 Å². The summed E-state index contributed by atoms with van der Waals surface area (Å²) in [6, 6.07) is 0. The van der Waals surface area contributed by atoms with Crippen LogP contribution in [0.25, 0.3) is 0 Å². The van der Waals surface area contributed by atoms with Crippen molar-refractivity contribution in [2.24, 2.45) is 0 Å². The van der Waals surface area contributed by atoms with E-state index in [4.69, 9.17) is 0 Å². The van der Waals surface area contributed by atoms with E-state index in [2.05, 4.69) is 122 Å². The molecule has 0 saturated heterocycles. The Morgan fingerprint density at radius 2 is 0.652 bits per heavy atom. The number of hydrogen-bond donors (Lipinski definition) is 0. The minimum absolute atomic E-state index is 0. The average molecular weight is 999 g/mol. The summed E-state index contributed by atoms with van der Waals surface area (Å²) in [5, 5.41) is 0. The largest absolute Gasteiger partial charge is 0.147 e. The minimum atomic E-state index is 0. The summed E-state index contributed by atoms with van der Waals surface area (Å²) in [4.78, 5) is 0. The van der Waals surface area contributed by atoms with Crippen LogP contribution in [-0.4, -0.2) is 7.52 Å². The Labute approximate surface area is 329 Å². The quantitative estimate of drug-likeness (QED) is 0.120. The van der Waals surface area contributed by atoms with Crippen molar-refractivity contribution >= 4 is 32.3 Å². The predicted octanol–water partition coefficient (Wildman–Crippen LogP) is 13.8. The van der Waals surface area contributed by atoms with E-state index in [1.807, 2.05) is 0 Å². The molecule has 46 heavy (non-hydrogen) atoms. The van der Waals surface area contributed by atoms with Gasteiger partial charge in [-0.2, -0.15) is 24.3 Å². The zero-order valence-electron chi connectivity index (χ0n) is 30.3. The van der Waals surface area contributed by atoms with Crippen LogP contribution in [0.4, 0.5) is 0 Å². The van der Waals surface area contributed by atoms with Crippen molar-refractivity contribution in [3.63, 3.8) is 0 Å². The van der Waals surface area contributed by atoms with E-state index in [9.17, 15) is 0 Å². The molecule has 0 amide bonds. The zero-order valence-corrected chi connectivity index (χ0v) is 39.1. The molecule has 4 rings (SSSR count). The Bertz CT molecular complexity index is 785. The van der Waals surface area contributed by atoms with Crippen molar-refractivity contribution in [2.75, 3.05) is 0 Å². The summed E-state index contributed by atoms with van der Waals surface area (Å²) in [6.07, 6.45) is 52.3. The van der Waals surface area contributed by atoms with Crippen molar-refractivity contribution in [1.82, 2.24) is 0 Å². The molecule has 4 aliphatic carbocycles. The average Bonchev–Trinajstić information content (AvgIpc) is 3.91. The molecule has 0 aromatic carbocycles. The minimum Gasteiger partial charge on any atom is -0.147 e. The van der Waals surface area contributed by atoms with Gasteiger partial charge in [-0.05, 0) is 0 Å². The van der Waals surface area contributed by atoms with Gasteiger partial charge in [-0.25, -0.2) is 46.6 Å². The molecule has 4 heteroatoms. The molecule has 256 valence electrons. The smallest absolute Gasteiger partial charge is 0.147 e. The van der Waals surface area contributed by atoms with Crippen LogP contribution in [0.2, 0.25) is 0 Å². The summed E-state index contributed by atoms with van der Waals surface area (Å²) >= 11 is 2.53. The first kappa shape index (κ1) is 52.8. The van der Waals surface area contributed by atoms with Crippen molar-refractivity contribution < 1.29 is 47.8 Å². The van der Waals surface area contributed by atoms with Gasteiger partial charge in [-0.1, -0.05) is 105 Å². The first-order chi connectivity index (χ1) is 21.6. The molecular weight excluding hydrogens is 932 g/mol. The van der Waals surface area contributed by atoms with E-state index in [-0.39, 0.29) is 24.8 Å². The molecule has 4 aliphatic rings. The van der Waals surface area contributed by atoms with Crippen molar-refractivity contribution in [1.29, 1.82) is 0 Å². The number of unbranched alkanes of at least 4 members (excludes halogenated alkanes) is 4. The number of rotatable bonds is 14. The molecule has 0 atom stereocenters. The Hall–Kier alpha value is -0.0197. The van der Waals surface area contributed by atoms with Crippen LogP contribution in [-0.2, 0) is 47.8 Å². The fourth-order valence-corrected chi connectivity index (χ4v) is 3.98. The third-order valence-electron chi connectivity index (χ3n) is 6.76. The normalized spacial score (nSPS) is 14.0. The van der Waals surface area contributed by atoms with Gasteiger partial charge in [-0.3, -0.25) is 24.3 Å². The molecule has 0 aliphatic heterocycles. The van der Waals surface area contributed by atoms with Gasteiger partial charge in [0.05, 0.1) is 0 Å². The van der Waals surface area contributed by atoms with Gasteiger partial charge in [0.15, 0.2) is 0 Å². The van der Waals surface area contributed by atoms with Gasteiger partial charge >= 0.3 is 82.0 Å². The predicted molar refractivity (Wildman–Crippen MR) is 207 cm³/mol. The summed E-state index contributed by atoms with van der Waals surface area (Å²) in [7, 11) is 0. The molecule has 0 fully saturated rings. The van der Waals surface area contributed by atoms with E-state index in [0.717, 1.165) is 25.7 Å². The molecule has 0 saturated carbocycles. The van der Waals surface area contributed by atoms with Crippen molar-refractivity contribution in [3.05, 3.63) is 95.2 Å². The maximum absolute atomic E-state index is 3.16. The fourth-order valence-electron chi connectivity index (χ4n) is 3.98. The third-order valence-corrected chi connectivity index (χ3v) is 9.70. The van der Waals surface area contributed by atoms with Crippen LogP contribution in [0, 0.1) is 24.3 Å².